The summed E-state index contributed by atoms with van der Waals surface area (Å²) in [7, 11) is 1.87. The molecule has 0 radical (unpaired) electrons. The maximum Gasteiger partial charge on any atom is 2.00 e. The van der Waals surface area contributed by atoms with Crippen LogP contribution in [0.5, 0.6) is 0 Å². The monoisotopic (exact) mass is 865 g/mol. The van der Waals surface area contributed by atoms with Crippen molar-refractivity contribution in [3.8, 4) is 22.8 Å². The van der Waals surface area contributed by atoms with Gasteiger partial charge in [-0.2, -0.15) is 26.3 Å². The van der Waals surface area contributed by atoms with Gasteiger partial charge >= 0.3 is 32.1 Å². The van der Waals surface area contributed by atoms with Gasteiger partial charge in [-0.25, -0.2) is 0 Å². The number of hydrogen-bond donors (Lipinski definition) is 0. The van der Waals surface area contributed by atoms with Crippen LogP contribution in [0, 0.1) is 0 Å². The first kappa shape index (κ1) is 39.4. The van der Waals surface area contributed by atoms with Crippen LogP contribution in [0.2, 0.25) is 0 Å². The van der Waals surface area contributed by atoms with Gasteiger partial charge in [-0.3, -0.25) is 9.97 Å². The molecule has 47 heavy (non-hydrogen) atoms. The minimum atomic E-state index is -4.46. The van der Waals surface area contributed by atoms with Crippen LogP contribution in [0.15, 0.2) is 122 Å². The van der Waals surface area contributed by atoms with E-state index in [-0.39, 0.29) is 31.2 Å². The SMILES string of the molecule is CP.C[PH+](c1ccccc1)c1ccccc1.FC(F)(F)c1cc(-c2ccccn2)[n-]n1.FC(F)(F)c1cc(-c2ccccn2)[n-]n1.[Os+2]. The largest absolute Gasteiger partial charge is 2.00 e. The summed E-state index contributed by atoms with van der Waals surface area (Å²) in [5, 5.41) is 15.9. The van der Waals surface area contributed by atoms with Gasteiger partial charge in [0.2, 0.25) is 0 Å². The van der Waals surface area contributed by atoms with Crippen molar-refractivity contribution in [1.82, 2.24) is 30.4 Å². The number of nitrogens with zero attached hydrogens (tertiary/aromatic N) is 6. The maximum atomic E-state index is 12.2. The van der Waals surface area contributed by atoms with Crippen LogP contribution in [0.3, 0.4) is 0 Å². The Labute approximate surface area is 284 Å². The summed E-state index contributed by atoms with van der Waals surface area (Å²) in [5.41, 5.74) is -0.988. The van der Waals surface area contributed by atoms with E-state index in [2.05, 4.69) is 107 Å². The fourth-order valence-corrected chi connectivity index (χ4v) is 5.41. The average Bonchev–Trinajstić information content (AvgIpc) is 3.80. The van der Waals surface area contributed by atoms with Gasteiger partial charge in [0.1, 0.15) is 11.4 Å². The molecule has 0 fully saturated rings. The molecule has 6 nitrogen and oxygen atoms in total. The number of halogens is 6. The molecular formula is C32H29F6N6OsP2+. The summed E-state index contributed by atoms with van der Waals surface area (Å²) in [5.74, 6) is 0. The fourth-order valence-electron chi connectivity index (χ4n) is 3.69. The van der Waals surface area contributed by atoms with Gasteiger partial charge in [-0.05, 0) is 60.7 Å². The molecule has 6 rings (SSSR count). The molecule has 4 heterocycles. The molecule has 6 aromatic rings. The molecule has 0 saturated carbocycles. The smallest absolute Gasteiger partial charge is 0.573 e. The third-order valence-corrected chi connectivity index (χ3v) is 8.33. The minimum Gasteiger partial charge on any atom is -0.573 e. The van der Waals surface area contributed by atoms with Crippen molar-refractivity contribution in [2.75, 3.05) is 13.3 Å². The minimum absolute atomic E-state index is 0. The van der Waals surface area contributed by atoms with E-state index in [1.807, 2.05) is 6.66 Å². The molecule has 0 saturated heterocycles. The van der Waals surface area contributed by atoms with Crippen molar-refractivity contribution in [2.24, 2.45) is 0 Å². The summed E-state index contributed by atoms with van der Waals surface area (Å²) in [4.78, 5) is 7.75. The zero-order chi connectivity index (χ0) is 33.6. The summed E-state index contributed by atoms with van der Waals surface area (Å²) in [6, 6.07) is 33.1. The third-order valence-electron chi connectivity index (χ3n) is 5.93. The zero-order valence-electron chi connectivity index (χ0n) is 24.9. The molecule has 2 aromatic carbocycles. The van der Waals surface area contributed by atoms with Gasteiger partial charge in [0.25, 0.3) is 0 Å². The van der Waals surface area contributed by atoms with Crippen molar-refractivity contribution in [2.45, 2.75) is 12.4 Å². The Kier molecular flexibility index (Phi) is 16.1. The van der Waals surface area contributed by atoms with E-state index in [0.717, 1.165) is 12.1 Å². The summed E-state index contributed by atoms with van der Waals surface area (Å²) in [6.07, 6.45) is -5.95. The Hall–Kier alpha value is -3.76. The molecule has 1 atom stereocenters. The average molecular weight is 864 g/mol. The second kappa shape index (κ2) is 19.2. The van der Waals surface area contributed by atoms with Crippen molar-refractivity contribution < 1.29 is 46.1 Å². The molecular weight excluding hydrogens is 835 g/mol. The first-order chi connectivity index (χ1) is 22.0. The molecule has 0 N–H and O–H groups in total. The third kappa shape index (κ3) is 12.4. The number of aromatic nitrogens is 6. The fraction of sp³-hybridized carbons (Fsp3) is 0.125. The van der Waals surface area contributed by atoms with Gasteiger partial charge in [0, 0.05) is 23.8 Å². The van der Waals surface area contributed by atoms with Crippen LogP contribution in [-0.4, -0.2) is 33.5 Å². The second-order valence-corrected chi connectivity index (χ2v) is 11.4. The molecule has 0 spiro atoms. The van der Waals surface area contributed by atoms with E-state index < -0.39 is 31.7 Å². The van der Waals surface area contributed by atoms with Crippen molar-refractivity contribution in [3.63, 3.8) is 0 Å². The molecule has 0 aliphatic carbocycles. The van der Waals surface area contributed by atoms with Crippen LogP contribution in [0.1, 0.15) is 11.4 Å². The molecule has 0 aliphatic heterocycles. The van der Waals surface area contributed by atoms with Crippen LogP contribution in [-0.2, 0) is 32.1 Å². The van der Waals surface area contributed by atoms with E-state index in [1.54, 1.807) is 36.4 Å². The Morgan fingerprint density at radius 1 is 0.553 bits per heavy atom. The number of rotatable bonds is 4. The van der Waals surface area contributed by atoms with Crippen LogP contribution >= 0.6 is 17.2 Å². The number of hydrogen-bond acceptors (Lipinski definition) is 4. The van der Waals surface area contributed by atoms with Crippen molar-refractivity contribution in [3.05, 3.63) is 133 Å². The summed E-state index contributed by atoms with van der Waals surface area (Å²) < 4.78 is 73.2. The van der Waals surface area contributed by atoms with Gasteiger partial charge in [0.05, 0.1) is 25.2 Å². The maximum absolute atomic E-state index is 12.2. The molecule has 0 bridgehead atoms. The first-order valence-electron chi connectivity index (χ1n) is 13.5. The topological polar surface area (TPSA) is 79.8 Å². The molecule has 0 amide bonds. The van der Waals surface area contributed by atoms with Crippen molar-refractivity contribution in [1.29, 1.82) is 0 Å². The van der Waals surface area contributed by atoms with Crippen LogP contribution in [0.4, 0.5) is 26.3 Å². The van der Waals surface area contributed by atoms with E-state index in [9.17, 15) is 26.3 Å². The van der Waals surface area contributed by atoms with E-state index in [1.165, 1.54) is 23.0 Å². The number of benzene rings is 2. The quantitative estimate of drug-likeness (QED) is 0.138. The molecule has 246 valence electrons. The van der Waals surface area contributed by atoms with E-state index in [4.69, 9.17) is 0 Å². The molecule has 0 aliphatic rings. The van der Waals surface area contributed by atoms with Gasteiger partial charge < -0.3 is 20.4 Å². The van der Waals surface area contributed by atoms with Crippen LogP contribution in [0.25, 0.3) is 22.8 Å². The Balaban J connectivity index is 0.000000236. The molecule has 4 aromatic heterocycles. The zero-order valence-corrected chi connectivity index (χ0v) is 29.6. The Morgan fingerprint density at radius 2 is 0.894 bits per heavy atom. The number of alkyl halides is 6. The molecule has 1 unspecified atom stereocenters. The first-order valence-corrected chi connectivity index (χ1v) is 16.7. The standard InChI is InChI=1S/C13H13P.2C9H5F3N3.CH5P.Os/c1-14(12-8-4-2-5-9-12)13-10-6-3-7-11-13;2*10-9(11,12)8-5-7(14-15-8)6-3-1-2-4-13-6;1-2;/h2-11H,1H3;2*1-5H;2H2,1H3;/q;2*-1;;+2/p+1. The van der Waals surface area contributed by atoms with E-state index >= 15 is 0 Å². The van der Waals surface area contributed by atoms with Gasteiger partial charge in [-0.1, -0.05) is 66.6 Å². The predicted octanol–water partition coefficient (Wildman–Crippen LogP) is 7.21. The van der Waals surface area contributed by atoms with Gasteiger partial charge in [0.15, 0.2) is 0 Å². The van der Waals surface area contributed by atoms with Crippen molar-refractivity contribution >= 4 is 27.8 Å². The van der Waals surface area contributed by atoms with Crippen LogP contribution < -0.4 is 20.8 Å². The second-order valence-electron chi connectivity index (χ2n) is 9.01. The molecule has 15 heteroatoms. The summed E-state index contributed by atoms with van der Waals surface area (Å²) >= 11 is 0. The Bertz CT molecular complexity index is 1580. The normalized spacial score (nSPS) is 10.7. The van der Waals surface area contributed by atoms with Gasteiger partial charge in [-0.15, -0.1) is 9.24 Å². The van der Waals surface area contributed by atoms with E-state index in [0.29, 0.717) is 11.4 Å². The Morgan fingerprint density at radius 3 is 1.17 bits per heavy atom. The predicted molar refractivity (Wildman–Crippen MR) is 174 cm³/mol. The number of pyridine rings is 2. The summed E-state index contributed by atoms with van der Waals surface area (Å²) in [6.45, 7) is 4.26.